The number of rotatable bonds is 6. The zero-order valence-electron chi connectivity index (χ0n) is 11.5. The summed E-state index contributed by atoms with van der Waals surface area (Å²) in [6, 6.07) is 7.47. The summed E-state index contributed by atoms with van der Waals surface area (Å²) in [6.07, 6.45) is 0. The van der Waals surface area contributed by atoms with E-state index in [1.54, 1.807) is 0 Å². The molecule has 2 rings (SSSR count). The van der Waals surface area contributed by atoms with Crippen LogP contribution in [-0.4, -0.2) is 55.7 Å². The topological polar surface area (TPSA) is 15.7 Å². The minimum absolute atomic E-state index is 0.698. The number of ether oxygens (including phenoxy) is 1. The van der Waals surface area contributed by atoms with Crippen LogP contribution < -0.4 is 4.74 Å². The zero-order chi connectivity index (χ0) is 14.4. The van der Waals surface area contributed by atoms with Crippen LogP contribution in [0.5, 0.6) is 5.75 Å². The fraction of sp³-hybridized carbons (Fsp3) is 0.467. The van der Waals surface area contributed by atoms with Gasteiger partial charge in [-0.05, 0) is 24.3 Å². The van der Waals surface area contributed by atoms with Crippen molar-refractivity contribution in [1.82, 2.24) is 9.80 Å². The molecule has 1 aliphatic heterocycles. The van der Waals surface area contributed by atoms with Gasteiger partial charge in [-0.1, -0.05) is 29.8 Å². The highest BCUT2D eigenvalue weighted by atomic mass is 35.5. The number of halogens is 2. The monoisotopic (exact) mass is 314 g/mol. The van der Waals surface area contributed by atoms with Crippen molar-refractivity contribution in [3.63, 3.8) is 0 Å². The lowest BCUT2D eigenvalue weighted by Gasteiger charge is -2.34. The van der Waals surface area contributed by atoms with E-state index in [9.17, 15) is 0 Å². The molecule has 0 amide bonds. The van der Waals surface area contributed by atoms with E-state index in [2.05, 4.69) is 16.4 Å². The van der Waals surface area contributed by atoms with Crippen molar-refractivity contribution in [2.45, 2.75) is 0 Å². The van der Waals surface area contributed by atoms with E-state index in [0.717, 1.165) is 50.0 Å². The van der Waals surface area contributed by atoms with Crippen LogP contribution in [0.25, 0.3) is 0 Å². The van der Waals surface area contributed by atoms with Crippen molar-refractivity contribution in [3.8, 4) is 5.75 Å². The molecule has 1 fully saturated rings. The number of hydrogen-bond donors (Lipinski definition) is 0. The average Bonchev–Trinajstić information content (AvgIpc) is 2.42. The Labute approximate surface area is 130 Å². The molecule has 1 saturated heterocycles. The molecule has 0 radical (unpaired) electrons. The Hall–Kier alpha value is -0.740. The lowest BCUT2D eigenvalue weighted by molar-refractivity contribution is 0.124. The molecule has 0 aliphatic carbocycles. The van der Waals surface area contributed by atoms with Gasteiger partial charge in [0.15, 0.2) is 0 Å². The Kier molecular flexibility index (Phi) is 6.17. The maximum absolute atomic E-state index is 5.83. The van der Waals surface area contributed by atoms with Crippen LogP contribution in [0.4, 0.5) is 0 Å². The molecule has 1 aliphatic rings. The van der Waals surface area contributed by atoms with E-state index in [0.29, 0.717) is 11.6 Å². The fourth-order valence-corrected chi connectivity index (χ4v) is 2.53. The molecule has 1 heterocycles. The second-order valence-corrected chi connectivity index (χ2v) is 5.91. The van der Waals surface area contributed by atoms with E-state index in [1.165, 1.54) is 0 Å². The first-order valence-corrected chi connectivity index (χ1v) is 7.55. The summed E-state index contributed by atoms with van der Waals surface area (Å²) < 4.78 is 5.71. The molecule has 1 aromatic carbocycles. The number of benzene rings is 1. The maximum Gasteiger partial charge on any atom is 0.119 e. The van der Waals surface area contributed by atoms with Crippen LogP contribution in [0, 0.1) is 0 Å². The molecule has 5 heteroatoms. The smallest absolute Gasteiger partial charge is 0.119 e. The molecule has 0 N–H and O–H groups in total. The Morgan fingerprint density at radius 3 is 2.30 bits per heavy atom. The summed E-state index contributed by atoms with van der Waals surface area (Å²) in [5.41, 5.74) is 0. The molecule has 0 atom stereocenters. The molecule has 0 saturated carbocycles. The molecule has 0 unspecified atom stereocenters. The highest BCUT2D eigenvalue weighted by molar-refractivity contribution is 6.30. The number of piperazine rings is 1. The third-order valence-corrected chi connectivity index (χ3v) is 3.72. The van der Waals surface area contributed by atoms with E-state index in [-0.39, 0.29) is 0 Å². The fourth-order valence-electron chi connectivity index (χ4n) is 2.24. The average molecular weight is 315 g/mol. The second kappa shape index (κ2) is 7.89. The summed E-state index contributed by atoms with van der Waals surface area (Å²) in [4.78, 5) is 4.73. The van der Waals surface area contributed by atoms with Crippen LogP contribution in [-0.2, 0) is 0 Å². The van der Waals surface area contributed by atoms with Crippen LogP contribution in [0.3, 0.4) is 0 Å². The molecular formula is C15H20Cl2N2O. The maximum atomic E-state index is 5.83. The van der Waals surface area contributed by atoms with Crippen molar-refractivity contribution >= 4 is 23.2 Å². The Balaban J connectivity index is 1.63. The van der Waals surface area contributed by atoms with Gasteiger partial charge >= 0.3 is 0 Å². The van der Waals surface area contributed by atoms with Crippen LogP contribution in [0.15, 0.2) is 35.9 Å². The van der Waals surface area contributed by atoms with Crippen molar-refractivity contribution < 1.29 is 4.74 Å². The quantitative estimate of drug-likeness (QED) is 0.802. The normalized spacial score (nSPS) is 17.1. The van der Waals surface area contributed by atoms with Crippen molar-refractivity contribution in [1.29, 1.82) is 0 Å². The number of nitrogens with zero attached hydrogens (tertiary/aromatic N) is 2. The van der Waals surface area contributed by atoms with Gasteiger partial charge in [-0.2, -0.15) is 0 Å². The second-order valence-electron chi connectivity index (χ2n) is 4.94. The van der Waals surface area contributed by atoms with Gasteiger partial charge in [-0.3, -0.25) is 9.80 Å². The first-order chi connectivity index (χ1) is 9.63. The molecule has 0 spiro atoms. The third-order valence-electron chi connectivity index (χ3n) is 3.35. The highest BCUT2D eigenvalue weighted by Crippen LogP contribution is 2.15. The Morgan fingerprint density at radius 2 is 1.70 bits per heavy atom. The molecular weight excluding hydrogens is 295 g/mol. The Morgan fingerprint density at radius 1 is 1.10 bits per heavy atom. The van der Waals surface area contributed by atoms with Gasteiger partial charge in [0, 0.05) is 49.3 Å². The predicted molar refractivity (Wildman–Crippen MR) is 84.8 cm³/mol. The van der Waals surface area contributed by atoms with E-state index in [4.69, 9.17) is 27.9 Å². The predicted octanol–water partition coefficient (Wildman–Crippen LogP) is 3.09. The van der Waals surface area contributed by atoms with Crippen molar-refractivity contribution in [3.05, 3.63) is 40.9 Å². The molecule has 110 valence electrons. The molecule has 0 aromatic heterocycles. The highest BCUT2D eigenvalue weighted by Gasteiger charge is 2.16. The van der Waals surface area contributed by atoms with Crippen molar-refractivity contribution in [2.24, 2.45) is 0 Å². The number of hydrogen-bond acceptors (Lipinski definition) is 3. The van der Waals surface area contributed by atoms with Gasteiger partial charge in [0.25, 0.3) is 0 Å². The van der Waals surface area contributed by atoms with Gasteiger partial charge in [0.05, 0.1) is 0 Å². The van der Waals surface area contributed by atoms with Gasteiger partial charge < -0.3 is 4.74 Å². The first-order valence-electron chi connectivity index (χ1n) is 6.80. The summed E-state index contributed by atoms with van der Waals surface area (Å²) in [5, 5.41) is 1.44. The lowest BCUT2D eigenvalue weighted by Crippen LogP contribution is -2.47. The minimum atomic E-state index is 0.698. The van der Waals surface area contributed by atoms with E-state index >= 15 is 0 Å². The standard InChI is InChI=1S/C15H20Cl2N2O/c1-13(16)12-19-8-6-18(7-9-19)10-11-20-15-4-2-14(17)3-5-15/h2-5H,1,6-12H2. The van der Waals surface area contributed by atoms with Crippen LogP contribution in [0.2, 0.25) is 5.02 Å². The van der Waals surface area contributed by atoms with Gasteiger partial charge in [0.1, 0.15) is 12.4 Å². The third kappa shape index (κ3) is 5.33. The summed E-state index contributed by atoms with van der Waals surface area (Å²) in [5.74, 6) is 0.867. The zero-order valence-corrected chi connectivity index (χ0v) is 13.0. The molecule has 0 bridgehead atoms. The minimum Gasteiger partial charge on any atom is -0.492 e. The van der Waals surface area contributed by atoms with E-state index in [1.807, 2.05) is 24.3 Å². The summed E-state index contributed by atoms with van der Waals surface area (Å²) >= 11 is 11.7. The van der Waals surface area contributed by atoms with Gasteiger partial charge in [0.2, 0.25) is 0 Å². The van der Waals surface area contributed by atoms with Crippen LogP contribution in [0.1, 0.15) is 0 Å². The van der Waals surface area contributed by atoms with E-state index < -0.39 is 0 Å². The van der Waals surface area contributed by atoms with Crippen molar-refractivity contribution in [2.75, 3.05) is 45.9 Å². The largest absolute Gasteiger partial charge is 0.492 e. The summed E-state index contributed by atoms with van der Waals surface area (Å²) in [6.45, 7) is 10.3. The molecule has 1 aromatic rings. The summed E-state index contributed by atoms with van der Waals surface area (Å²) in [7, 11) is 0. The SMILES string of the molecule is C=C(Cl)CN1CCN(CCOc2ccc(Cl)cc2)CC1. The molecule has 20 heavy (non-hydrogen) atoms. The van der Waals surface area contributed by atoms with Gasteiger partial charge in [-0.25, -0.2) is 0 Å². The molecule has 3 nitrogen and oxygen atoms in total. The first kappa shape index (κ1) is 15.6. The lowest BCUT2D eigenvalue weighted by atomic mass is 10.3. The van der Waals surface area contributed by atoms with Crippen LogP contribution >= 0.6 is 23.2 Å². The van der Waals surface area contributed by atoms with Gasteiger partial charge in [-0.15, -0.1) is 0 Å². The Bertz CT molecular complexity index is 428.